The van der Waals surface area contributed by atoms with Crippen LogP contribution in [0.1, 0.15) is 48.6 Å². The van der Waals surface area contributed by atoms with E-state index in [0.29, 0.717) is 29.7 Å². The summed E-state index contributed by atoms with van der Waals surface area (Å²) in [7, 11) is -3.57. The minimum absolute atomic E-state index is 0.0842. The number of sulfonamides is 1. The highest BCUT2D eigenvalue weighted by Gasteiger charge is 2.36. The number of aliphatic imine (C=N–C) groups is 1. The van der Waals surface area contributed by atoms with E-state index in [4.69, 9.17) is 5.73 Å². The summed E-state index contributed by atoms with van der Waals surface area (Å²) in [6.07, 6.45) is 2.75. The van der Waals surface area contributed by atoms with Crippen molar-refractivity contribution in [2.75, 3.05) is 18.8 Å². The molecule has 2 aliphatic rings. The largest absolute Gasteiger partial charge is 0.417 e. The van der Waals surface area contributed by atoms with Gasteiger partial charge in [-0.2, -0.15) is 17.5 Å². The molecule has 2 aromatic heterocycles. The first-order valence-electron chi connectivity index (χ1n) is 10.7. The lowest BCUT2D eigenvalue weighted by Gasteiger charge is -2.31. The van der Waals surface area contributed by atoms with E-state index >= 15 is 0 Å². The number of nitrogens with one attached hydrogen (secondary N) is 1. The minimum Gasteiger partial charge on any atom is -0.375 e. The number of thiophene rings is 1. The van der Waals surface area contributed by atoms with Gasteiger partial charge >= 0.3 is 6.18 Å². The predicted octanol–water partition coefficient (Wildman–Crippen LogP) is 4.55. The number of hydrogen-bond donors (Lipinski definition) is 2. The van der Waals surface area contributed by atoms with Gasteiger partial charge in [0.1, 0.15) is 5.84 Å². The fourth-order valence-electron chi connectivity index (χ4n) is 4.03. The first-order valence-corrected chi connectivity index (χ1v) is 13.8. The van der Waals surface area contributed by atoms with Crippen molar-refractivity contribution in [3.63, 3.8) is 0 Å². The van der Waals surface area contributed by atoms with Crippen molar-refractivity contribution in [3.05, 3.63) is 39.5 Å². The van der Waals surface area contributed by atoms with E-state index in [1.54, 1.807) is 0 Å². The monoisotopic (exact) mass is 531 g/mol. The van der Waals surface area contributed by atoms with Crippen LogP contribution in [0.15, 0.2) is 32.7 Å². The summed E-state index contributed by atoms with van der Waals surface area (Å²) in [5.74, 6) is 0.771. The summed E-state index contributed by atoms with van der Waals surface area (Å²) in [4.78, 5) is 8.93. The maximum absolute atomic E-state index is 13.3. The van der Waals surface area contributed by atoms with Crippen molar-refractivity contribution in [1.82, 2.24) is 14.6 Å². The van der Waals surface area contributed by atoms with E-state index < -0.39 is 21.8 Å². The van der Waals surface area contributed by atoms with Gasteiger partial charge in [-0.05, 0) is 44.6 Å². The molecule has 0 bridgehead atoms. The Labute approximate surface area is 204 Å². The molecule has 1 atom stereocenters. The lowest BCUT2D eigenvalue weighted by molar-refractivity contribution is -0.137. The zero-order chi connectivity index (χ0) is 24.5. The normalized spacial score (nSPS) is 19.7. The molecule has 34 heavy (non-hydrogen) atoms. The number of amidine groups is 1. The zero-order valence-corrected chi connectivity index (χ0v) is 20.8. The fraction of sp³-hybridized carbons (Fsp3) is 0.476. The first-order chi connectivity index (χ1) is 16.1. The molecule has 4 heterocycles. The van der Waals surface area contributed by atoms with Crippen LogP contribution in [-0.2, 0) is 16.2 Å². The third-order valence-electron chi connectivity index (χ3n) is 5.88. The molecular formula is C21H24F3N5O2S3. The molecule has 0 aliphatic carbocycles. The summed E-state index contributed by atoms with van der Waals surface area (Å²) in [6.45, 7) is 2.80. The zero-order valence-electron chi connectivity index (χ0n) is 18.3. The number of piperidine rings is 1. The van der Waals surface area contributed by atoms with Crippen molar-refractivity contribution in [1.29, 1.82) is 0 Å². The van der Waals surface area contributed by atoms with Crippen LogP contribution in [-0.4, -0.2) is 42.7 Å². The maximum atomic E-state index is 13.3. The summed E-state index contributed by atoms with van der Waals surface area (Å²) in [5.41, 5.74) is 7.69. The number of nitrogens with two attached hydrogens (primary N) is 1. The Morgan fingerprint density at radius 1 is 1.38 bits per heavy atom. The molecule has 1 saturated heterocycles. The number of aromatic nitrogens is 1. The van der Waals surface area contributed by atoms with E-state index in [-0.39, 0.29) is 20.9 Å². The van der Waals surface area contributed by atoms with Gasteiger partial charge in [-0.15, -0.1) is 17.1 Å². The Kier molecular flexibility index (Phi) is 7.20. The molecule has 4 rings (SSSR count). The molecule has 0 unspecified atom stereocenters. The van der Waals surface area contributed by atoms with Crippen LogP contribution < -0.4 is 11.1 Å². The van der Waals surface area contributed by atoms with Gasteiger partial charge in [-0.1, -0.05) is 11.3 Å². The predicted molar refractivity (Wildman–Crippen MR) is 128 cm³/mol. The molecule has 0 amide bonds. The van der Waals surface area contributed by atoms with Crippen molar-refractivity contribution in [3.8, 4) is 0 Å². The highest BCUT2D eigenvalue weighted by molar-refractivity contribution is 7.91. The van der Waals surface area contributed by atoms with Crippen LogP contribution >= 0.6 is 22.7 Å². The molecule has 13 heteroatoms. The number of thiazole rings is 1. The van der Waals surface area contributed by atoms with Crippen LogP contribution in [0.4, 0.5) is 18.3 Å². The van der Waals surface area contributed by atoms with Crippen LogP contribution in [0.2, 0.25) is 0 Å². The fourth-order valence-corrected chi connectivity index (χ4v) is 7.59. The van der Waals surface area contributed by atoms with Gasteiger partial charge in [0.05, 0.1) is 16.6 Å². The van der Waals surface area contributed by atoms with E-state index in [1.807, 2.05) is 6.92 Å². The Balaban J connectivity index is 1.35. The van der Waals surface area contributed by atoms with Crippen molar-refractivity contribution < 1.29 is 21.6 Å². The van der Waals surface area contributed by atoms with Gasteiger partial charge in [0.15, 0.2) is 9.34 Å². The Hall–Kier alpha value is -2.18. The van der Waals surface area contributed by atoms with E-state index in [1.165, 1.54) is 22.8 Å². The number of rotatable bonds is 6. The smallest absolute Gasteiger partial charge is 0.375 e. The van der Waals surface area contributed by atoms with Crippen LogP contribution in [0.3, 0.4) is 0 Å². The lowest BCUT2D eigenvalue weighted by Crippen LogP contribution is -2.38. The topological polar surface area (TPSA) is 101 Å². The number of halogens is 3. The third-order valence-corrected chi connectivity index (χ3v) is 10.0. The molecule has 3 N–H and O–H groups in total. The molecule has 2 aromatic rings. The molecule has 0 saturated carbocycles. The van der Waals surface area contributed by atoms with Crippen molar-refractivity contribution in [2.45, 2.75) is 49.0 Å². The molecule has 184 valence electrons. The number of hydrogen-bond acceptors (Lipinski definition) is 7. The first kappa shape index (κ1) is 24.9. The minimum atomic E-state index is -4.43. The molecule has 0 aromatic carbocycles. The number of fused-ring (bicyclic) bond motifs is 1. The summed E-state index contributed by atoms with van der Waals surface area (Å²) < 4.78 is 67.0. The van der Waals surface area contributed by atoms with Gasteiger partial charge < -0.3 is 11.1 Å². The summed E-state index contributed by atoms with van der Waals surface area (Å²) >= 11 is 1.98. The Bertz CT molecular complexity index is 1230. The van der Waals surface area contributed by atoms with E-state index in [9.17, 15) is 21.6 Å². The highest BCUT2D eigenvalue weighted by Crippen LogP contribution is 2.38. The SMILES string of the molecule is C[C@@H](CCC1CCN(S(=O)(=O)c2cnc(N)s2)CC1)N=C1NC=C=Cc2c(C(F)(F)F)csc21. The lowest BCUT2D eigenvalue weighted by atomic mass is 9.92. The van der Waals surface area contributed by atoms with Gasteiger partial charge in [0.2, 0.25) is 0 Å². The Morgan fingerprint density at radius 3 is 2.76 bits per heavy atom. The number of alkyl halides is 3. The average Bonchev–Trinajstić information content (AvgIpc) is 3.37. The molecule has 0 radical (unpaired) electrons. The summed E-state index contributed by atoms with van der Waals surface area (Å²) in [6, 6.07) is -0.111. The molecular weight excluding hydrogens is 507 g/mol. The van der Waals surface area contributed by atoms with Gasteiger partial charge in [-0.25, -0.2) is 13.4 Å². The number of nitrogens with zero attached hydrogens (tertiary/aromatic N) is 3. The molecule has 1 fully saturated rings. The van der Waals surface area contributed by atoms with Gasteiger partial charge in [0, 0.05) is 36.3 Å². The maximum Gasteiger partial charge on any atom is 0.417 e. The highest BCUT2D eigenvalue weighted by atomic mass is 32.2. The quantitative estimate of drug-likeness (QED) is 0.533. The van der Waals surface area contributed by atoms with Crippen molar-refractivity contribution >= 4 is 49.7 Å². The molecule has 7 nitrogen and oxygen atoms in total. The van der Waals surface area contributed by atoms with Crippen LogP contribution in [0, 0.1) is 5.92 Å². The van der Waals surface area contributed by atoms with E-state index in [2.05, 4.69) is 21.0 Å². The summed E-state index contributed by atoms with van der Waals surface area (Å²) in [5, 5.41) is 4.28. The average molecular weight is 532 g/mol. The molecule has 0 spiro atoms. The third kappa shape index (κ3) is 5.38. The van der Waals surface area contributed by atoms with Crippen LogP contribution in [0.5, 0.6) is 0 Å². The molecule has 2 aliphatic heterocycles. The van der Waals surface area contributed by atoms with E-state index in [0.717, 1.165) is 53.7 Å². The van der Waals surface area contributed by atoms with Crippen molar-refractivity contribution in [2.24, 2.45) is 10.9 Å². The van der Waals surface area contributed by atoms with Gasteiger partial charge in [-0.3, -0.25) is 4.99 Å². The second-order valence-electron chi connectivity index (χ2n) is 8.26. The second-order valence-corrected chi connectivity index (χ2v) is 12.4. The number of nitrogen functional groups attached to an aromatic ring is 1. The number of anilines is 1. The second kappa shape index (κ2) is 9.82. The van der Waals surface area contributed by atoms with Crippen LogP contribution in [0.25, 0.3) is 6.08 Å². The van der Waals surface area contributed by atoms with Gasteiger partial charge in [0.25, 0.3) is 10.0 Å². The Morgan fingerprint density at radius 2 is 2.12 bits per heavy atom. The standard InChI is InChI=1S/C21H24F3N5O2S3/c1-13(28-19-18-15(3-2-8-26-19)16(12-32-18)21(22,23)24)4-5-14-6-9-29(10-7-14)34(30,31)17-11-27-20(25)33-17/h3,8,11-14H,4-7,9-10H2,1H3,(H2,25,27)(H,26,28)/t13-/m0/s1.